The zero-order chi connectivity index (χ0) is 11.7. The van der Waals surface area contributed by atoms with Crippen molar-refractivity contribution < 1.29 is 0 Å². The molecule has 3 heteroatoms. The van der Waals surface area contributed by atoms with Gasteiger partial charge in [0.1, 0.15) is 0 Å². The van der Waals surface area contributed by atoms with Gasteiger partial charge in [0.2, 0.25) is 0 Å². The van der Waals surface area contributed by atoms with Crippen LogP contribution in [0.25, 0.3) is 0 Å². The number of hydrogen-bond acceptors (Lipinski definition) is 1. The van der Waals surface area contributed by atoms with E-state index in [4.69, 9.17) is 0 Å². The average molecular weight is 284 g/mol. The van der Waals surface area contributed by atoms with Crippen LogP contribution < -0.4 is 5.46 Å². The quantitative estimate of drug-likeness (QED) is 0.751. The molecule has 1 aliphatic rings. The second kappa shape index (κ2) is 4.50. The Morgan fingerprint density at radius 2 is 1.82 bits per heavy atom. The monoisotopic (exact) mass is 283 g/mol. The third-order valence-electron chi connectivity index (χ3n) is 3.04. The van der Waals surface area contributed by atoms with Crippen molar-refractivity contribution in [3.63, 3.8) is 0 Å². The Balaban J connectivity index is 1.94. The Hall–Kier alpha value is -1.35. The molecule has 1 heterocycles. The molecule has 0 unspecified atom stereocenters. The summed E-state index contributed by atoms with van der Waals surface area (Å²) in [6.07, 6.45) is 0.913. The second-order valence-electron chi connectivity index (χ2n) is 4.20. The zero-order valence-corrected chi connectivity index (χ0v) is 10.9. The summed E-state index contributed by atoms with van der Waals surface area (Å²) in [5.41, 5.74) is 5.12. The molecule has 0 saturated carbocycles. The Morgan fingerprint density at radius 1 is 1.00 bits per heavy atom. The molecule has 2 aromatic carbocycles. The minimum Gasteiger partial charge on any atom is -0.343 e. The molecule has 0 amide bonds. The van der Waals surface area contributed by atoms with E-state index in [-0.39, 0.29) is 0 Å². The van der Waals surface area contributed by atoms with Crippen LogP contribution in [0.5, 0.6) is 0 Å². The fraction of sp³-hybridized carbons (Fsp3) is 0.0714. The van der Waals surface area contributed by atoms with Crippen molar-refractivity contribution in [2.75, 3.05) is 0 Å². The van der Waals surface area contributed by atoms with Crippen molar-refractivity contribution in [2.45, 2.75) is 6.42 Å². The van der Waals surface area contributed by atoms with E-state index < -0.39 is 0 Å². The molecule has 0 radical (unpaired) electrons. The second-order valence-corrected chi connectivity index (χ2v) is 5.05. The molecule has 0 spiro atoms. The van der Waals surface area contributed by atoms with E-state index in [0.29, 0.717) is 0 Å². The molecule has 0 fully saturated rings. The van der Waals surface area contributed by atoms with Crippen LogP contribution in [0.1, 0.15) is 11.1 Å². The van der Waals surface area contributed by atoms with Gasteiger partial charge in [0, 0.05) is 22.2 Å². The number of benzene rings is 2. The van der Waals surface area contributed by atoms with E-state index in [2.05, 4.69) is 63.3 Å². The highest BCUT2D eigenvalue weighted by atomic mass is 79.9. The first-order valence-electron chi connectivity index (χ1n) is 5.69. The first kappa shape index (κ1) is 10.8. The smallest absolute Gasteiger partial charge is 0.295 e. The summed E-state index contributed by atoms with van der Waals surface area (Å²) in [5.74, 6) is 0. The van der Waals surface area contributed by atoms with Crippen LogP contribution in [-0.2, 0) is 6.42 Å². The Bertz CT molecular complexity index is 578. The van der Waals surface area contributed by atoms with Crippen LogP contribution >= 0.6 is 15.9 Å². The van der Waals surface area contributed by atoms with Gasteiger partial charge in [-0.15, -0.1) is 0 Å². The summed E-state index contributed by atoms with van der Waals surface area (Å²) < 4.78 is 1.15. The Morgan fingerprint density at radius 3 is 2.65 bits per heavy atom. The summed E-state index contributed by atoms with van der Waals surface area (Å²) in [4.78, 5) is 4.65. The van der Waals surface area contributed by atoms with E-state index in [9.17, 15) is 0 Å². The van der Waals surface area contributed by atoms with Gasteiger partial charge in [-0.2, -0.15) is 0 Å². The fourth-order valence-corrected chi connectivity index (χ4v) is 2.85. The van der Waals surface area contributed by atoms with Gasteiger partial charge >= 0.3 is 0 Å². The van der Waals surface area contributed by atoms with E-state index in [1.807, 2.05) is 6.07 Å². The minimum absolute atomic E-state index is 0.816. The molecule has 2 aromatic rings. The molecule has 1 nitrogen and oxygen atoms in total. The van der Waals surface area contributed by atoms with Crippen molar-refractivity contribution in [3.05, 3.63) is 64.1 Å². The van der Waals surface area contributed by atoms with Crippen LogP contribution in [0.3, 0.4) is 0 Å². The van der Waals surface area contributed by atoms with Crippen LogP contribution in [0, 0.1) is 0 Å². The molecule has 82 valence electrons. The SMILES string of the molecule is Brc1cccc2c1C(Cc1ccccc1)=NB2. The normalized spacial score (nSPS) is 12.9. The molecule has 17 heavy (non-hydrogen) atoms. The lowest BCUT2D eigenvalue weighted by Gasteiger charge is -2.07. The van der Waals surface area contributed by atoms with E-state index in [1.165, 1.54) is 22.3 Å². The molecule has 0 aliphatic carbocycles. The Labute approximate surface area is 110 Å². The lowest BCUT2D eigenvalue weighted by atomic mass is 9.83. The van der Waals surface area contributed by atoms with Gasteiger partial charge in [-0.1, -0.05) is 58.4 Å². The lowest BCUT2D eigenvalue weighted by Crippen LogP contribution is -2.14. The van der Waals surface area contributed by atoms with E-state index in [1.54, 1.807) is 0 Å². The lowest BCUT2D eigenvalue weighted by molar-refractivity contribution is 1.32. The Kier molecular flexibility index (Phi) is 2.85. The van der Waals surface area contributed by atoms with Crippen molar-refractivity contribution >= 4 is 34.5 Å². The van der Waals surface area contributed by atoms with Crippen molar-refractivity contribution in [1.29, 1.82) is 0 Å². The van der Waals surface area contributed by atoms with Gasteiger partial charge in [-0.25, -0.2) is 0 Å². The number of rotatable bonds is 2. The predicted octanol–water partition coefficient (Wildman–Crippen LogP) is 2.47. The molecule has 0 bridgehead atoms. The summed E-state index contributed by atoms with van der Waals surface area (Å²) in [7, 11) is 0.816. The number of hydrogen-bond donors (Lipinski definition) is 0. The molecule has 3 rings (SSSR count). The maximum atomic E-state index is 4.65. The van der Waals surface area contributed by atoms with Crippen LogP contribution in [0.15, 0.2) is 57.9 Å². The standard InChI is InChI=1S/C14H11BBrN/c16-12-8-4-7-11-14(12)13(17-15-11)9-10-5-2-1-3-6-10/h1-8,15H,9H2. The first-order valence-corrected chi connectivity index (χ1v) is 6.49. The highest BCUT2D eigenvalue weighted by molar-refractivity contribution is 9.10. The molecule has 1 aliphatic heterocycles. The maximum Gasteiger partial charge on any atom is 0.295 e. The first-order chi connectivity index (χ1) is 8.34. The average Bonchev–Trinajstić information content (AvgIpc) is 2.75. The highest BCUT2D eigenvalue weighted by Crippen LogP contribution is 2.20. The van der Waals surface area contributed by atoms with Gasteiger partial charge in [0.25, 0.3) is 7.41 Å². The summed E-state index contributed by atoms with van der Waals surface area (Å²) in [5, 5.41) is 0. The van der Waals surface area contributed by atoms with Gasteiger partial charge < -0.3 is 4.90 Å². The molecular weight excluding hydrogens is 273 g/mol. The van der Waals surface area contributed by atoms with Crippen LogP contribution in [-0.4, -0.2) is 13.1 Å². The molecule has 0 atom stereocenters. The topological polar surface area (TPSA) is 12.4 Å². The molecule has 0 N–H and O–H groups in total. The number of halogens is 1. The summed E-state index contributed by atoms with van der Waals surface area (Å²) in [6, 6.07) is 16.8. The van der Waals surface area contributed by atoms with Crippen LogP contribution in [0.4, 0.5) is 0 Å². The molecule has 0 aromatic heterocycles. The summed E-state index contributed by atoms with van der Waals surface area (Å²) >= 11 is 3.62. The van der Waals surface area contributed by atoms with E-state index >= 15 is 0 Å². The summed E-state index contributed by atoms with van der Waals surface area (Å²) in [6.45, 7) is 0. The number of nitrogens with zero attached hydrogens (tertiary/aromatic N) is 1. The van der Waals surface area contributed by atoms with E-state index in [0.717, 1.165) is 18.3 Å². The van der Waals surface area contributed by atoms with Gasteiger partial charge in [-0.3, -0.25) is 0 Å². The third-order valence-corrected chi connectivity index (χ3v) is 3.70. The van der Waals surface area contributed by atoms with Gasteiger partial charge in [-0.05, 0) is 17.1 Å². The number of fused-ring (bicyclic) bond motifs is 1. The maximum absolute atomic E-state index is 4.65. The minimum atomic E-state index is 0.816. The van der Waals surface area contributed by atoms with Crippen molar-refractivity contribution in [1.82, 2.24) is 0 Å². The van der Waals surface area contributed by atoms with Gasteiger partial charge in [0.05, 0.1) is 0 Å². The largest absolute Gasteiger partial charge is 0.343 e. The highest BCUT2D eigenvalue weighted by Gasteiger charge is 2.19. The van der Waals surface area contributed by atoms with Crippen LogP contribution in [0.2, 0.25) is 0 Å². The molecular formula is C14H11BBrN. The van der Waals surface area contributed by atoms with Gasteiger partial charge in [0.15, 0.2) is 0 Å². The molecule has 0 saturated heterocycles. The fourth-order valence-electron chi connectivity index (χ4n) is 2.22. The van der Waals surface area contributed by atoms with Crippen molar-refractivity contribution in [3.8, 4) is 0 Å². The van der Waals surface area contributed by atoms with Crippen molar-refractivity contribution in [2.24, 2.45) is 4.90 Å². The zero-order valence-electron chi connectivity index (χ0n) is 9.36. The third kappa shape index (κ3) is 2.07. The predicted molar refractivity (Wildman–Crippen MR) is 77.6 cm³/mol.